The van der Waals surface area contributed by atoms with Crippen LogP contribution in [0.4, 0.5) is 5.69 Å². The molecule has 1 aromatic rings. The van der Waals surface area contributed by atoms with Crippen molar-refractivity contribution in [2.24, 2.45) is 0 Å². The zero-order valence-corrected chi connectivity index (χ0v) is 14.0. The van der Waals surface area contributed by atoms with Crippen molar-refractivity contribution in [3.63, 3.8) is 0 Å². The van der Waals surface area contributed by atoms with Gasteiger partial charge in [-0.2, -0.15) is 0 Å². The van der Waals surface area contributed by atoms with Crippen molar-refractivity contribution in [3.8, 4) is 0 Å². The van der Waals surface area contributed by atoms with Gasteiger partial charge in [0, 0.05) is 17.6 Å². The molecule has 0 bridgehead atoms. The van der Waals surface area contributed by atoms with Gasteiger partial charge in [0.05, 0.1) is 22.3 Å². The summed E-state index contributed by atoms with van der Waals surface area (Å²) in [5.41, 5.74) is 0.405. The second kappa shape index (κ2) is 7.65. The van der Waals surface area contributed by atoms with Gasteiger partial charge >= 0.3 is 0 Å². The van der Waals surface area contributed by atoms with Crippen LogP contribution in [0.2, 0.25) is 15.1 Å². The molecular formula is C14H18Cl3N3O. The van der Waals surface area contributed by atoms with Gasteiger partial charge in [-0.3, -0.25) is 9.69 Å². The van der Waals surface area contributed by atoms with Gasteiger partial charge in [0.25, 0.3) is 0 Å². The van der Waals surface area contributed by atoms with Crippen LogP contribution in [-0.2, 0) is 4.79 Å². The Morgan fingerprint density at radius 1 is 1.38 bits per heavy atom. The van der Waals surface area contributed by atoms with E-state index in [4.69, 9.17) is 34.8 Å². The molecule has 1 heterocycles. The lowest BCUT2D eigenvalue weighted by Gasteiger charge is -2.31. The number of amides is 1. The highest BCUT2D eigenvalue weighted by Crippen LogP contribution is 2.33. The molecule has 2 rings (SSSR count). The molecule has 21 heavy (non-hydrogen) atoms. The largest absolute Gasteiger partial charge is 0.322 e. The van der Waals surface area contributed by atoms with Gasteiger partial charge in [-0.15, -0.1) is 0 Å². The highest BCUT2D eigenvalue weighted by molar-refractivity contribution is 6.42. The fourth-order valence-corrected chi connectivity index (χ4v) is 3.32. The van der Waals surface area contributed by atoms with Crippen LogP contribution < -0.4 is 10.6 Å². The fraction of sp³-hybridized carbons (Fsp3) is 0.500. The maximum absolute atomic E-state index is 12.1. The highest BCUT2D eigenvalue weighted by atomic mass is 35.5. The van der Waals surface area contributed by atoms with Crippen molar-refractivity contribution in [3.05, 3.63) is 27.2 Å². The Hall–Kier alpha value is -0.520. The van der Waals surface area contributed by atoms with E-state index in [9.17, 15) is 4.79 Å². The first-order valence-corrected chi connectivity index (χ1v) is 7.96. The molecule has 1 aromatic carbocycles. The summed E-state index contributed by atoms with van der Waals surface area (Å²) in [7, 11) is 1.95. The molecule has 1 amide bonds. The molecule has 0 spiro atoms. The van der Waals surface area contributed by atoms with Crippen molar-refractivity contribution in [1.29, 1.82) is 0 Å². The lowest BCUT2D eigenvalue weighted by Crippen LogP contribution is -2.46. The number of hydrogen-bond acceptors (Lipinski definition) is 3. The highest BCUT2D eigenvalue weighted by Gasteiger charge is 2.20. The van der Waals surface area contributed by atoms with Crippen molar-refractivity contribution >= 4 is 46.4 Å². The predicted octanol–water partition coefficient (Wildman–Crippen LogP) is 3.27. The molecule has 0 saturated carbocycles. The first-order valence-electron chi connectivity index (χ1n) is 6.82. The number of carbonyl (C=O) groups is 1. The summed E-state index contributed by atoms with van der Waals surface area (Å²) in [6.45, 7) is 2.25. The van der Waals surface area contributed by atoms with Gasteiger partial charge in [0.2, 0.25) is 5.91 Å². The maximum Gasteiger partial charge on any atom is 0.238 e. The summed E-state index contributed by atoms with van der Waals surface area (Å²) in [5, 5.41) is 7.20. The quantitative estimate of drug-likeness (QED) is 0.876. The summed E-state index contributed by atoms with van der Waals surface area (Å²) in [4.78, 5) is 14.2. The van der Waals surface area contributed by atoms with E-state index in [1.807, 2.05) is 11.9 Å². The number of nitrogens with zero attached hydrogens (tertiary/aromatic N) is 1. The molecule has 1 unspecified atom stereocenters. The minimum atomic E-state index is -0.144. The fourth-order valence-electron chi connectivity index (χ4n) is 2.41. The maximum atomic E-state index is 12.1. The lowest BCUT2D eigenvalue weighted by molar-refractivity contribution is -0.117. The van der Waals surface area contributed by atoms with Crippen molar-refractivity contribution < 1.29 is 4.79 Å². The van der Waals surface area contributed by atoms with Gasteiger partial charge in [-0.05, 0) is 38.6 Å². The Morgan fingerprint density at radius 2 is 2.05 bits per heavy atom. The van der Waals surface area contributed by atoms with Crippen LogP contribution >= 0.6 is 34.8 Å². The smallest absolute Gasteiger partial charge is 0.238 e. The first-order chi connectivity index (χ1) is 9.97. The number of rotatable bonds is 4. The van der Waals surface area contributed by atoms with E-state index >= 15 is 0 Å². The zero-order valence-electron chi connectivity index (χ0n) is 11.8. The van der Waals surface area contributed by atoms with Gasteiger partial charge in [-0.25, -0.2) is 0 Å². The van der Waals surface area contributed by atoms with E-state index < -0.39 is 0 Å². The summed E-state index contributed by atoms with van der Waals surface area (Å²) < 4.78 is 0. The zero-order chi connectivity index (χ0) is 15.4. The second-order valence-electron chi connectivity index (χ2n) is 5.21. The molecule has 7 heteroatoms. The monoisotopic (exact) mass is 349 g/mol. The van der Waals surface area contributed by atoms with Crippen LogP contribution in [0.1, 0.15) is 12.8 Å². The average molecular weight is 351 g/mol. The second-order valence-corrected chi connectivity index (χ2v) is 6.46. The Kier molecular flexibility index (Phi) is 6.14. The molecule has 1 fully saturated rings. The van der Waals surface area contributed by atoms with E-state index in [1.54, 1.807) is 12.1 Å². The molecule has 1 aliphatic heterocycles. The molecule has 0 aliphatic carbocycles. The topological polar surface area (TPSA) is 44.4 Å². The average Bonchev–Trinajstić information content (AvgIpc) is 2.43. The van der Waals surface area contributed by atoms with E-state index in [0.717, 1.165) is 25.9 Å². The van der Waals surface area contributed by atoms with E-state index in [2.05, 4.69) is 10.6 Å². The van der Waals surface area contributed by atoms with Crippen LogP contribution in [0, 0.1) is 0 Å². The minimum absolute atomic E-state index is 0.144. The van der Waals surface area contributed by atoms with E-state index in [0.29, 0.717) is 33.3 Å². The molecule has 0 aromatic heterocycles. The third-order valence-electron chi connectivity index (χ3n) is 3.56. The van der Waals surface area contributed by atoms with Crippen LogP contribution in [0.5, 0.6) is 0 Å². The third-order valence-corrected chi connectivity index (χ3v) is 4.37. The van der Waals surface area contributed by atoms with Crippen molar-refractivity contribution in [1.82, 2.24) is 10.2 Å². The summed E-state index contributed by atoms with van der Waals surface area (Å²) in [6.07, 6.45) is 2.23. The number of likely N-dealkylation sites (N-methyl/N-ethyl adjacent to an activating group) is 1. The molecule has 1 saturated heterocycles. The van der Waals surface area contributed by atoms with Crippen molar-refractivity contribution in [2.45, 2.75) is 18.9 Å². The van der Waals surface area contributed by atoms with Gasteiger partial charge < -0.3 is 10.6 Å². The SMILES string of the molecule is CN(CC(=O)Nc1c(Cl)cc(Cl)cc1Cl)C1CCCNC1. The van der Waals surface area contributed by atoms with E-state index in [-0.39, 0.29) is 5.91 Å². The van der Waals surface area contributed by atoms with Crippen LogP contribution in [-0.4, -0.2) is 43.5 Å². The Labute approximate surface area is 139 Å². The van der Waals surface area contributed by atoms with Crippen LogP contribution in [0.3, 0.4) is 0 Å². The number of anilines is 1. The van der Waals surface area contributed by atoms with Crippen molar-refractivity contribution in [2.75, 3.05) is 32.0 Å². The third kappa shape index (κ3) is 4.73. The first kappa shape index (κ1) is 16.8. The minimum Gasteiger partial charge on any atom is -0.322 e. The number of piperidine rings is 1. The van der Waals surface area contributed by atoms with Crippen LogP contribution in [0.15, 0.2) is 12.1 Å². The van der Waals surface area contributed by atoms with Gasteiger partial charge in [0.1, 0.15) is 0 Å². The standard InChI is InChI=1S/C14H18Cl3N3O/c1-20(10-3-2-4-18-7-10)8-13(21)19-14-11(16)5-9(15)6-12(14)17/h5-6,10,18H,2-4,7-8H2,1H3,(H,19,21). The number of halogens is 3. The van der Waals surface area contributed by atoms with Gasteiger partial charge in [0.15, 0.2) is 0 Å². The summed E-state index contributed by atoms with van der Waals surface area (Å²) in [6, 6.07) is 3.49. The molecular weight excluding hydrogens is 333 g/mol. The predicted molar refractivity (Wildman–Crippen MR) is 88.6 cm³/mol. The summed E-state index contributed by atoms with van der Waals surface area (Å²) in [5.74, 6) is -0.144. The molecule has 1 aliphatic rings. The van der Waals surface area contributed by atoms with E-state index in [1.165, 1.54) is 0 Å². The molecule has 0 radical (unpaired) electrons. The number of carbonyl (C=O) groups excluding carboxylic acids is 1. The molecule has 116 valence electrons. The number of nitrogens with one attached hydrogen (secondary N) is 2. The number of benzene rings is 1. The molecule has 4 nitrogen and oxygen atoms in total. The Morgan fingerprint density at radius 3 is 2.62 bits per heavy atom. The summed E-state index contributed by atoms with van der Waals surface area (Å²) >= 11 is 18.0. The Balaban J connectivity index is 1.95. The normalized spacial score (nSPS) is 18.8. The van der Waals surface area contributed by atoms with Crippen LogP contribution in [0.25, 0.3) is 0 Å². The lowest BCUT2D eigenvalue weighted by atomic mass is 10.1. The molecule has 2 N–H and O–H groups in total. The molecule has 1 atom stereocenters. The van der Waals surface area contributed by atoms with Gasteiger partial charge in [-0.1, -0.05) is 34.8 Å². The Bertz CT molecular complexity index is 495. The number of hydrogen-bond donors (Lipinski definition) is 2.